The molecule has 92 valence electrons. The van der Waals surface area contributed by atoms with Gasteiger partial charge in [0, 0.05) is 0 Å². The van der Waals surface area contributed by atoms with Crippen LogP contribution in [0.1, 0.15) is 12.5 Å². The largest absolute Gasteiger partial charge is 0.449 e. The molecule has 0 radical (unpaired) electrons. The first kappa shape index (κ1) is 13.4. The van der Waals surface area contributed by atoms with Crippen LogP contribution in [-0.2, 0) is 16.1 Å². The van der Waals surface area contributed by atoms with E-state index in [0.717, 1.165) is 5.56 Å². The van der Waals surface area contributed by atoms with Crippen molar-refractivity contribution in [1.29, 1.82) is 0 Å². The molecule has 2 amide bonds. The lowest BCUT2D eigenvalue weighted by Crippen LogP contribution is -2.29. The number of imide groups is 1. The lowest BCUT2D eigenvalue weighted by atomic mass is 10.2. The molecule has 0 saturated heterocycles. The van der Waals surface area contributed by atoms with Crippen LogP contribution in [0.2, 0.25) is 0 Å². The van der Waals surface area contributed by atoms with E-state index in [2.05, 4.69) is 17.6 Å². The van der Waals surface area contributed by atoms with Crippen LogP contribution in [0.15, 0.2) is 30.3 Å². The van der Waals surface area contributed by atoms with Crippen molar-refractivity contribution in [2.45, 2.75) is 13.5 Å². The monoisotopic (exact) mass is 255 g/mol. The molecule has 0 N–H and O–H groups in total. The maximum atomic E-state index is 11.4. The summed E-state index contributed by atoms with van der Waals surface area (Å²) in [5.41, 5.74) is 0.825. The van der Waals surface area contributed by atoms with E-state index in [1.165, 1.54) is 0 Å². The first-order valence-electron chi connectivity index (χ1n) is 5.01. The number of carbonyl (C=O) groups is 2. The van der Waals surface area contributed by atoms with Gasteiger partial charge in [0.05, 0.1) is 6.61 Å². The topological polar surface area (TPSA) is 55.8 Å². The van der Waals surface area contributed by atoms with Gasteiger partial charge in [0.25, 0.3) is 0 Å². The molecule has 0 atom stereocenters. The second-order valence-corrected chi connectivity index (χ2v) is 3.45. The highest BCUT2D eigenvalue weighted by molar-refractivity contribution is 7.79. The summed E-state index contributed by atoms with van der Waals surface area (Å²) in [7, 11) is 0. The molecular weight excluding hydrogens is 242 g/mol. The van der Waals surface area contributed by atoms with Crippen LogP contribution in [0.4, 0.5) is 9.59 Å². The Bertz CT molecular complexity index is 382. The summed E-state index contributed by atoms with van der Waals surface area (Å²) in [6.45, 7) is 1.88. The molecule has 1 rings (SSSR count). The molecule has 1 aromatic carbocycles. The Labute approximate surface area is 105 Å². The van der Waals surface area contributed by atoms with E-state index in [1.54, 1.807) is 19.1 Å². The quantitative estimate of drug-likeness (QED) is 0.843. The molecule has 0 spiro atoms. The molecular formula is C11H13NO4S. The average Bonchev–Trinajstić information content (AvgIpc) is 2.36. The van der Waals surface area contributed by atoms with Gasteiger partial charge in [-0.25, -0.2) is 9.59 Å². The number of carbonyl (C=O) groups excluding carboxylic acids is 2. The molecule has 6 heteroatoms. The molecule has 0 aromatic heterocycles. The van der Waals surface area contributed by atoms with Gasteiger partial charge in [-0.05, 0) is 25.3 Å². The van der Waals surface area contributed by atoms with Gasteiger partial charge in [-0.15, -0.1) is 0 Å². The number of hydrogen-bond acceptors (Lipinski definition) is 5. The number of ether oxygens (including phenoxy) is 2. The van der Waals surface area contributed by atoms with Crippen molar-refractivity contribution < 1.29 is 19.1 Å². The fraction of sp³-hybridized carbons (Fsp3) is 0.273. The average molecular weight is 255 g/mol. The standard InChI is InChI=1S/C11H13NO4S/c1-2-15-10(13)12(17)11(14)16-8-9-6-4-3-5-7-9/h3-7,17H,2,8H2,1H3. The highest BCUT2D eigenvalue weighted by Crippen LogP contribution is 2.06. The zero-order valence-electron chi connectivity index (χ0n) is 9.33. The summed E-state index contributed by atoms with van der Waals surface area (Å²) in [5, 5.41) is 0. The number of thiol groups is 1. The van der Waals surface area contributed by atoms with Crippen molar-refractivity contribution >= 4 is 25.0 Å². The maximum Gasteiger partial charge on any atom is 0.429 e. The van der Waals surface area contributed by atoms with Crippen molar-refractivity contribution in [2.75, 3.05) is 6.61 Å². The van der Waals surface area contributed by atoms with Crippen LogP contribution in [0.3, 0.4) is 0 Å². The second kappa shape index (κ2) is 6.80. The van der Waals surface area contributed by atoms with Gasteiger partial charge in [0.2, 0.25) is 0 Å². The van der Waals surface area contributed by atoms with E-state index >= 15 is 0 Å². The highest BCUT2D eigenvalue weighted by atomic mass is 32.1. The second-order valence-electron chi connectivity index (χ2n) is 3.05. The minimum absolute atomic E-state index is 0.0795. The summed E-state index contributed by atoms with van der Waals surface area (Å²) >= 11 is 3.68. The molecule has 17 heavy (non-hydrogen) atoms. The summed E-state index contributed by atoms with van der Waals surface area (Å²) in [5.74, 6) is 0. The zero-order chi connectivity index (χ0) is 12.7. The van der Waals surface area contributed by atoms with Crippen LogP contribution in [-0.4, -0.2) is 23.1 Å². The number of rotatable bonds is 3. The minimum atomic E-state index is -0.865. The third-order valence-corrected chi connectivity index (χ3v) is 2.15. The van der Waals surface area contributed by atoms with Crippen molar-refractivity contribution in [2.24, 2.45) is 0 Å². The summed E-state index contributed by atoms with van der Waals surface area (Å²) < 4.78 is 9.95. The van der Waals surface area contributed by atoms with Crippen molar-refractivity contribution in [1.82, 2.24) is 4.31 Å². The number of nitrogens with zero attached hydrogens (tertiary/aromatic N) is 1. The molecule has 0 aliphatic rings. The lowest BCUT2D eigenvalue weighted by Gasteiger charge is -2.13. The van der Waals surface area contributed by atoms with Crippen LogP contribution in [0.5, 0.6) is 0 Å². The molecule has 0 heterocycles. The fourth-order valence-electron chi connectivity index (χ4n) is 1.04. The van der Waals surface area contributed by atoms with Crippen LogP contribution in [0, 0.1) is 0 Å². The van der Waals surface area contributed by atoms with E-state index in [1.807, 2.05) is 18.2 Å². The van der Waals surface area contributed by atoms with Crippen molar-refractivity contribution in [3.63, 3.8) is 0 Å². The number of amides is 2. The number of benzene rings is 1. The Hall–Kier alpha value is -1.69. The van der Waals surface area contributed by atoms with Gasteiger partial charge < -0.3 is 9.47 Å². The molecule has 0 bridgehead atoms. The van der Waals surface area contributed by atoms with Crippen molar-refractivity contribution in [3.8, 4) is 0 Å². The third kappa shape index (κ3) is 4.36. The molecule has 0 aliphatic carbocycles. The van der Waals surface area contributed by atoms with Gasteiger partial charge in [-0.3, -0.25) is 0 Å². The molecule has 0 saturated carbocycles. The fourth-order valence-corrected chi connectivity index (χ4v) is 1.16. The summed E-state index contributed by atoms with van der Waals surface area (Å²) in [6, 6.07) is 9.12. The van der Waals surface area contributed by atoms with Crippen LogP contribution in [0.25, 0.3) is 0 Å². The summed E-state index contributed by atoms with van der Waals surface area (Å²) in [4.78, 5) is 22.5. The van der Waals surface area contributed by atoms with Crippen LogP contribution < -0.4 is 0 Å². The molecule has 0 unspecified atom stereocenters. The molecule has 0 fully saturated rings. The predicted molar refractivity (Wildman–Crippen MR) is 64.5 cm³/mol. The maximum absolute atomic E-state index is 11.4. The van der Waals surface area contributed by atoms with E-state index in [0.29, 0.717) is 4.31 Å². The Balaban J connectivity index is 2.42. The third-order valence-electron chi connectivity index (χ3n) is 1.82. The Morgan fingerprint density at radius 2 is 1.76 bits per heavy atom. The lowest BCUT2D eigenvalue weighted by molar-refractivity contribution is 0.101. The number of hydrogen-bond donors (Lipinski definition) is 1. The predicted octanol–water partition coefficient (Wildman–Crippen LogP) is 2.63. The van der Waals surface area contributed by atoms with Gasteiger partial charge in [-0.2, -0.15) is 4.31 Å². The van der Waals surface area contributed by atoms with Gasteiger partial charge in [0.1, 0.15) is 6.61 Å². The zero-order valence-corrected chi connectivity index (χ0v) is 10.2. The molecule has 1 aromatic rings. The van der Waals surface area contributed by atoms with Gasteiger partial charge in [-0.1, -0.05) is 30.3 Å². The smallest absolute Gasteiger partial charge is 0.429 e. The molecule has 5 nitrogen and oxygen atoms in total. The first-order valence-corrected chi connectivity index (χ1v) is 5.41. The van der Waals surface area contributed by atoms with E-state index in [9.17, 15) is 9.59 Å². The van der Waals surface area contributed by atoms with Crippen LogP contribution >= 0.6 is 12.8 Å². The van der Waals surface area contributed by atoms with Gasteiger partial charge >= 0.3 is 12.2 Å². The van der Waals surface area contributed by atoms with E-state index in [-0.39, 0.29) is 13.2 Å². The Kier molecular flexibility index (Phi) is 5.35. The van der Waals surface area contributed by atoms with Crippen molar-refractivity contribution in [3.05, 3.63) is 35.9 Å². The highest BCUT2D eigenvalue weighted by Gasteiger charge is 2.20. The summed E-state index contributed by atoms with van der Waals surface area (Å²) in [6.07, 6.45) is -1.72. The molecule has 0 aliphatic heterocycles. The first-order chi connectivity index (χ1) is 8.15. The minimum Gasteiger partial charge on any atom is -0.449 e. The normalized spacial score (nSPS) is 9.53. The Morgan fingerprint density at radius 1 is 1.18 bits per heavy atom. The SMILES string of the molecule is CCOC(=O)N(S)C(=O)OCc1ccccc1. The Morgan fingerprint density at radius 3 is 2.35 bits per heavy atom. The van der Waals surface area contributed by atoms with E-state index in [4.69, 9.17) is 4.74 Å². The van der Waals surface area contributed by atoms with E-state index < -0.39 is 12.2 Å². The van der Waals surface area contributed by atoms with Gasteiger partial charge in [0.15, 0.2) is 0 Å².